The third-order valence-corrected chi connectivity index (χ3v) is 6.38. The first-order valence-corrected chi connectivity index (χ1v) is 11.2. The number of alkyl halides is 1. The molecular weight excluding hydrogens is 416 g/mol. The van der Waals surface area contributed by atoms with E-state index in [9.17, 15) is 4.79 Å². The Labute approximate surface area is 176 Å². The smallest absolute Gasteiger partial charge is 0.307 e. The molecule has 0 bridgehead atoms. The Morgan fingerprint density at radius 2 is 1.75 bits per heavy atom. The van der Waals surface area contributed by atoms with Crippen LogP contribution in [0.4, 0.5) is 0 Å². The lowest BCUT2D eigenvalue weighted by Crippen LogP contribution is -2.20. The molecule has 0 spiro atoms. The van der Waals surface area contributed by atoms with Gasteiger partial charge in [0.2, 0.25) is 0 Å². The quantitative estimate of drug-likeness (QED) is 0.317. The van der Waals surface area contributed by atoms with Crippen LogP contribution < -0.4 is 0 Å². The summed E-state index contributed by atoms with van der Waals surface area (Å²) < 4.78 is 0. The molecule has 4 nitrogen and oxygen atoms in total. The van der Waals surface area contributed by atoms with Gasteiger partial charge in [-0.2, -0.15) is 0 Å². The number of aryl methyl sites for hydroxylation is 2. The number of rotatable bonds is 12. The van der Waals surface area contributed by atoms with E-state index in [-0.39, 0.29) is 10.7 Å². The molecule has 1 heterocycles. The first-order valence-electron chi connectivity index (χ1n) is 10.3. The van der Waals surface area contributed by atoms with Gasteiger partial charge >= 0.3 is 5.97 Å². The van der Waals surface area contributed by atoms with Crippen LogP contribution in [0.5, 0.6) is 0 Å². The van der Waals surface area contributed by atoms with E-state index in [0.717, 1.165) is 36.2 Å². The summed E-state index contributed by atoms with van der Waals surface area (Å²) in [6.07, 6.45) is 12.7. The zero-order valence-corrected chi connectivity index (χ0v) is 18.5. The van der Waals surface area contributed by atoms with Crippen molar-refractivity contribution in [3.8, 4) is 11.3 Å². The Kier molecular flexibility index (Phi) is 9.62. The Balaban J connectivity index is 1.84. The number of nitrogens with zero attached hydrogens (tertiary/aromatic N) is 2. The van der Waals surface area contributed by atoms with Gasteiger partial charge in [-0.15, -0.1) is 0 Å². The zero-order valence-electron chi connectivity index (χ0n) is 16.9. The van der Waals surface area contributed by atoms with Crippen molar-refractivity contribution < 1.29 is 9.90 Å². The number of unbranched alkanes of at least 4 members (excludes halogenated alkanes) is 4. The van der Waals surface area contributed by atoms with Crippen LogP contribution in [-0.4, -0.2) is 25.9 Å². The standard InChI is InChI=1S/C23H31BrN2O2/c1-3-4-5-6-7-8-20-15-26-22(16-25-20)19-12-9-18(10-13-19)11-14-21(24)17(2)23(27)28/h9-10,12-13,15-17,21H,3-8,11,14H2,1-2H3,(H,27,28). The minimum Gasteiger partial charge on any atom is -0.481 e. The molecule has 28 heavy (non-hydrogen) atoms. The maximum absolute atomic E-state index is 11.0. The van der Waals surface area contributed by atoms with E-state index in [1.807, 2.05) is 12.4 Å². The molecule has 2 atom stereocenters. The van der Waals surface area contributed by atoms with Crippen molar-refractivity contribution in [2.45, 2.75) is 70.0 Å². The molecule has 5 heteroatoms. The number of benzene rings is 1. The highest BCUT2D eigenvalue weighted by Crippen LogP contribution is 2.22. The van der Waals surface area contributed by atoms with Crippen LogP contribution >= 0.6 is 15.9 Å². The molecule has 0 saturated heterocycles. The summed E-state index contributed by atoms with van der Waals surface area (Å²) in [6, 6.07) is 8.30. The van der Waals surface area contributed by atoms with Crippen molar-refractivity contribution in [1.82, 2.24) is 9.97 Å². The molecule has 1 aromatic carbocycles. The predicted molar refractivity (Wildman–Crippen MR) is 118 cm³/mol. The first kappa shape index (κ1) is 22.5. The fourth-order valence-corrected chi connectivity index (χ4v) is 3.55. The number of carboxylic acids is 1. The van der Waals surface area contributed by atoms with E-state index < -0.39 is 5.97 Å². The fourth-order valence-electron chi connectivity index (χ4n) is 3.09. The minimum absolute atomic E-state index is 0.0231. The van der Waals surface area contributed by atoms with Crippen LogP contribution in [-0.2, 0) is 17.6 Å². The van der Waals surface area contributed by atoms with Crippen LogP contribution in [0, 0.1) is 5.92 Å². The Bertz CT molecular complexity index is 716. The first-order chi connectivity index (χ1) is 13.5. The molecule has 2 unspecified atom stereocenters. The summed E-state index contributed by atoms with van der Waals surface area (Å²) in [5, 5.41) is 9.07. The summed E-state index contributed by atoms with van der Waals surface area (Å²) in [5.74, 6) is -1.15. The highest BCUT2D eigenvalue weighted by atomic mass is 79.9. The minimum atomic E-state index is -0.764. The Hall–Kier alpha value is -1.75. The molecule has 0 aliphatic carbocycles. The molecule has 0 amide bonds. The van der Waals surface area contributed by atoms with Crippen molar-refractivity contribution in [1.29, 1.82) is 0 Å². The van der Waals surface area contributed by atoms with Gasteiger partial charge in [0.05, 0.1) is 23.5 Å². The lowest BCUT2D eigenvalue weighted by atomic mass is 10.00. The van der Waals surface area contributed by atoms with Crippen molar-refractivity contribution in [3.05, 3.63) is 47.9 Å². The van der Waals surface area contributed by atoms with Crippen molar-refractivity contribution >= 4 is 21.9 Å². The van der Waals surface area contributed by atoms with Gasteiger partial charge in [0.25, 0.3) is 0 Å². The molecule has 0 saturated carbocycles. The topological polar surface area (TPSA) is 63.1 Å². The summed E-state index contributed by atoms with van der Waals surface area (Å²) in [4.78, 5) is 20.2. The average molecular weight is 447 g/mol. The molecule has 0 radical (unpaired) electrons. The normalized spacial score (nSPS) is 13.2. The second-order valence-electron chi connectivity index (χ2n) is 7.44. The second kappa shape index (κ2) is 11.9. The molecule has 1 aromatic heterocycles. The van der Waals surface area contributed by atoms with Gasteiger partial charge in [-0.25, -0.2) is 0 Å². The van der Waals surface area contributed by atoms with Gasteiger partial charge in [-0.1, -0.05) is 79.7 Å². The van der Waals surface area contributed by atoms with Gasteiger partial charge in [0, 0.05) is 16.6 Å². The largest absolute Gasteiger partial charge is 0.481 e. The SMILES string of the molecule is CCCCCCCc1cnc(-c2ccc(CCC(Br)C(C)C(=O)O)cc2)cn1. The third kappa shape index (κ3) is 7.34. The van der Waals surface area contributed by atoms with E-state index in [0.29, 0.717) is 0 Å². The molecule has 1 N–H and O–H groups in total. The van der Waals surface area contributed by atoms with Crippen molar-refractivity contribution in [2.24, 2.45) is 5.92 Å². The van der Waals surface area contributed by atoms with E-state index >= 15 is 0 Å². The molecule has 0 fully saturated rings. The highest BCUT2D eigenvalue weighted by Gasteiger charge is 2.20. The van der Waals surface area contributed by atoms with E-state index in [2.05, 4.69) is 57.1 Å². The fraction of sp³-hybridized carbons (Fsp3) is 0.522. The van der Waals surface area contributed by atoms with Crippen molar-refractivity contribution in [3.63, 3.8) is 0 Å². The number of hydrogen-bond donors (Lipinski definition) is 1. The number of carbonyl (C=O) groups is 1. The number of aliphatic carboxylic acids is 1. The summed E-state index contributed by atoms with van der Waals surface area (Å²) >= 11 is 3.49. The van der Waals surface area contributed by atoms with E-state index in [1.54, 1.807) is 6.92 Å². The molecule has 2 rings (SSSR count). The Morgan fingerprint density at radius 1 is 1.04 bits per heavy atom. The maximum atomic E-state index is 11.0. The van der Waals surface area contributed by atoms with Gasteiger partial charge in [0.1, 0.15) is 0 Å². The van der Waals surface area contributed by atoms with Crippen LogP contribution in [0.2, 0.25) is 0 Å². The van der Waals surface area contributed by atoms with Crippen molar-refractivity contribution in [2.75, 3.05) is 0 Å². The second-order valence-corrected chi connectivity index (χ2v) is 8.61. The summed E-state index contributed by atoms with van der Waals surface area (Å²) in [6.45, 7) is 3.97. The zero-order chi connectivity index (χ0) is 20.4. The molecule has 0 aliphatic heterocycles. The van der Waals surface area contributed by atoms with Crippen LogP contribution in [0.15, 0.2) is 36.7 Å². The summed E-state index contributed by atoms with van der Waals surface area (Å²) in [7, 11) is 0. The molecule has 0 aliphatic rings. The molecular formula is C23H31BrN2O2. The predicted octanol–water partition coefficient (Wildman–Crippen LogP) is 6.07. The third-order valence-electron chi connectivity index (χ3n) is 5.13. The monoisotopic (exact) mass is 446 g/mol. The maximum Gasteiger partial charge on any atom is 0.307 e. The Morgan fingerprint density at radius 3 is 2.36 bits per heavy atom. The van der Waals surface area contributed by atoms with Crippen LogP contribution in [0.25, 0.3) is 11.3 Å². The van der Waals surface area contributed by atoms with Gasteiger partial charge in [0.15, 0.2) is 0 Å². The van der Waals surface area contributed by atoms with Crippen LogP contribution in [0.1, 0.15) is 63.6 Å². The molecule has 152 valence electrons. The van der Waals surface area contributed by atoms with E-state index in [4.69, 9.17) is 5.11 Å². The summed E-state index contributed by atoms with van der Waals surface area (Å²) in [5.41, 5.74) is 4.20. The number of hydrogen-bond acceptors (Lipinski definition) is 3. The van der Waals surface area contributed by atoms with Gasteiger partial charge < -0.3 is 5.11 Å². The van der Waals surface area contributed by atoms with Gasteiger partial charge in [-0.3, -0.25) is 14.8 Å². The highest BCUT2D eigenvalue weighted by molar-refractivity contribution is 9.09. The molecule has 2 aromatic rings. The number of halogens is 1. The van der Waals surface area contributed by atoms with E-state index in [1.165, 1.54) is 37.7 Å². The lowest BCUT2D eigenvalue weighted by molar-refractivity contribution is -0.141. The van der Waals surface area contributed by atoms with Gasteiger partial charge in [-0.05, 0) is 31.2 Å². The van der Waals surface area contributed by atoms with Crippen LogP contribution in [0.3, 0.4) is 0 Å². The number of carboxylic acid groups (broad SMARTS) is 1. The lowest BCUT2D eigenvalue weighted by Gasteiger charge is -2.14. The number of aromatic nitrogens is 2. The average Bonchev–Trinajstić information content (AvgIpc) is 2.72.